The van der Waals surface area contributed by atoms with E-state index >= 15 is 0 Å². The van der Waals surface area contributed by atoms with Gasteiger partial charge in [-0.15, -0.1) is 0 Å². The first-order valence-corrected chi connectivity index (χ1v) is 7.43. The Hall–Kier alpha value is -1.92. The highest BCUT2D eigenvalue weighted by Crippen LogP contribution is 2.54. The highest BCUT2D eigenvalue weighted by atomic mass is 31.2. The van der Waals surface area contributed by atoms with Crippen molar-refractivity contribution in [2.24, 2.45) is 0 Å². The zero-order chi connectivity index (χ0) is 16.7. The molecule has 0 amide bonds. The fraction of sp³-hybridized carbons (Fsp3) is 0.143. The topological polar surface area (TPSA) is 27.7 Å². The van der Waals surface area contributed by atoms with E-state index in [1.165, 1.54) is 0 Å². The van der Waals surface area contributed by atoms with Crippen molar-refractivity contribution < 1.29 is 35.5 Å². The van der Waals surface area contributed by atoms with Crippen molar-refractivity contribution >= 4 is 8.60 Å². The SMILES string of the molecule is CC(OP1Oc2ccccc2O1)c1c(F)c(F)c(F)c(F)c1F. The first-order valence-electron chi connectivity index (χ1n) is 6.33. The molecule has 0 aromatic heterocycles. The molecule has 1 aliphatic heterocycles. The zero-order valence-electron chi connectivity index (χ0n) is 11.4. The fourth-order valence-electron chi connectivity index (χ4n) is 1.98. The van der Waals surface area contributed by atoms with Gasteiger partial charge in [-0.05, 0) is 19.1 Å². The number of benzene rings is 2. The minimum Gasteiger partial charge on any atom is -0.414 e. The number of para-hydroxylation sites is 2. The van der Waals surface area contributed by atoms with Crippen LogP contribution in [-0.4, -0.2) is 0 Å². The van der Waals surface area contributed by atoms with E-state index in [-0.39, 0.29) is 0 Å². The van der Waals surface area contributed by atoms with E-state index in [2.05, 4.69) is 0 Å². The van der Waals surface area contributed by atoms with E-state index < -0.39 is 49.4 Å². The van der Waals surface area contributed by atoms with Gasteiger partial charge in [0.15, 0.2) is 34.8 Å². The normalized spacial score (nSPS) is 15.0. The lowest BCUT2D eigenvalue weighted by atomic mass is 10.1. The third kappa shape index (κ3) is 2.72. The summed E-state index contributed by atoms with van der Waals surface area (Å²) in [6, 6.07) is 6.53. The quantitative estimate of drug-likeness (QED) is 0.331. The highest BCUT2D eigenvalue weighted by Gasteiger charge is 2.34. The Morgan fingerprint density at radius 2 is 1.26 bits per heavy atom. The second kappa shape index (κ2) is 5.94. The molecule has 0 aliphatic carbocycles. The van der Waals surface area contributed by atoms with Gasteiger partial charge in [0.05, 0.1) is 11.7 Å². The van der Waals surface area contributed by atoms with Crippen LogP contribution in [0, 0.1) is 29.1 Å². The Kier molecular flexibility index (Phi) is 4.12. The van der Waals surface area contributed by atoms with Crippen molar-refractivity contribution in [3.8, 4) is 11.5 Å². The average Bonchev–Trinajstić information content (AvgIpc) is 2.93. The second-order valence-electron chi connectivity index (χ2n) is 4.58. The molecule has 9 heteroatoms. The van der Waals surface area contributed by atoms with Crippen molar-refractivity contribution in [3.05, 3.63) is 58.9 Å². The van der Waals surface area contributed by atoms with E-state index in [0.717, 1.165) is 6.92 Å². The molecule has 0 bridgehead atoms. The maximum Gasteiger partial charge on any atom is 0.463 e. The standard InChI is InChI=1S/C14H8F5O3P/c1-6(9-10(15)12(17)14(19)13(18)11(9)16)20-23-21-7-4-2-3-5-8(7)22-23/h2-6H,1H3. The Balaban J connectivity index is 1.84. The van der Waals surface area contributed by atoms with Gasteiger partial charge >= 0.3 is 8.60 Å². The van der Waals surface area contributed by atoms with Gasteiger partial charge in [0.1, 0.15) is 0 Å². The summed E-state index contributed by atoms with van der Waals surface area (Å²) in [5, 5.41) is 0. The summed E-state index contributed by atoms with van der Waals surface area (Å²) in [5.41, 5.74) is -1.08. The van der Waals surface area contributed by atoms with Crippen LogP contribution in [0.1, 0.15) is 18.6 Å². The molecule has 0 spiro atoms. The molecule has 0 radical (unpaired) electrons. The Morgan fingerprint density at radius 3 is 1.74 bits per heavy atom. The van der Waals surface area contributed by atoms with Crippen LogP contribution in [0.25, 0.3) is 0 Å². The lowest BCUT2D eigenvalue weighted by Gasteiger charge is -2.17. The Bertz CT molecular complexity index is 716. The van der Waals surface area contributed by atoms with Crippen LogP contribution < -0.4 is 9.05 Å². The van der Waals surface area contributed by atoms with Crippen LogP contribution >= 0.6 is 8.60 Å². The molecular formula is C14H8F5O3P. The van der Waals surface area contributed by atoms with Crippen LogP contribution in [0.4, 0.5) is 22.0 Å². The maximum absolute atomic E-state index is 13.7. The number of fused-ring (bicyclic) bond motifs is 1. The summed E-state index contributed by atoms with van der Waals surface area (Å²) >= 11 is 0. The molecule has 1 atom stereocenters. The van der Waals surface area contributed by atoms with Crippen molar-refractivity contribution in [2.75, 3.05) is 0 Å². The molecule has 0 saturated heterocycles. The molecule has 1 unspecified atom stereocenters. The predicted molar refractivity (Wildman–Crippen MR) is 70.3 cm³/mol. The summed E-state index contributed by atoms with van der Waals surface area (Å²) in [5.74, 6) is -9.44. The first-order chi connectivity index (χ1) is 10.9. The third-order valence-electron chi connectivity index (χ3n) is 3.09. The van der Waals surface area contributed by atoms with E-state index in [9.17, 15) is 22.0 Å². The molecule has 2 aromatic carbocycles. The smallest absolute Gasteiger partial charge is 0.414 e. The van der Waals surface area contributed by atoms with E-state index in [1.54, 1.807) is 24.3 Å². The fourth-order valence-corrected chi connectivity index (χ4v) is 3.09. The minimum atomic E-state index is -2.22. The van der Waals surface area contributed by atoms with E-state index in [0.29, 0.717) is 11.5 Å². The number of hydrogen-bond donors (Lipinski definition) is 0. The van der Waals surface area contributed by atoms with Crippen molar-refractivity contribution in [1.82, 2.24) is 0 Å². The van der Waals surface area contributed by atoms with E-state index in [1.807, 2.05) is 0 Å². The minimum absolute atomic E-state index is 0.364. The van der Waals surface area contributed by atoms with Crippen molar-refractivity contribution in [2.45, 2.75) is 13.0 Å². The Morgan fingerprint density at radius 1 is 0.826 bits per heavy atom. The van der Waals surface area contributed by atoms with Crippen LogP contribution in [0.2, 0.25) is 0 Å². The molecule has 23 heavy (non-hydrogen) atoms. The van der Waals surface area contributed by atoms with Crippen LogP contribution in [0.5, 0.6) is 11.5 Å². The summed E-state index contributed by atoms with van der Waals surface area (Å²) in [6.45, 7) is 1.14. The molecule has 0 N–H and O–H groups in total. The molecule has 3 nitrogen and oxygen atoms in total. The van der Waals surface area contributed by atoms with Gasteiger partial charge in [-0.1, -0.05) is 12.1 Å². The predicted octanol–water partition coefficient (Wildman–Crippen LogP) is 5.16. The van der Waals surface area contributed by atoms with Gasteiger partial charge in [0.2, 0.25) is 5.82 Å². The van der Waals surface area contributed by atoms with Crippen molar-refractivity contribution in [3.63, 3.8) is 0 Å². The van der Waals surface area contributed by atoms with Gasteiger partial charge in [-0.3, -0.25) is 4.52 Å². The molecular weight excluding hydrogens is 342 g/mol. The molecule has 122 valence electrons. The molecule has 0 saturated carbocycles. The zero-order valence-corrected chi connectivity index (χ0v) is 12.3. The third-order valence-corrected chi connectivity index (χ3v) is 4.27. The summed E-state index contributed by atoms with van der Waals surface area (Å²) in [7, 11) is -2.06. The Labute approximate surface area is 128 Å². The van der Waals surface area contributed by atoms with Crippen LogP contribution in [0.3, 0.4) is 0 Å². The van der Waals surface area contributed by atoms with Gasteiger partial charge in [0.25, 0.3) is 0 Å². The second-order valence-corrected chi connectivity index (χ2v) is 5.61. The number of halogens is 5. The lowest BCUT2D eigenvalue weighted by Crippen LogP contribution is -2.11. The summed E-state index contributed by atoms with van der Waals surface area (Å²) in [4.78, 5) is 0. The summed E-state index contributed by atoms with van der Waals surface area (Å²) in [6.07, 6.45) is -1.47. The first kappa shape index (κ1) is 16.0. The van der Waals surface area contributed by atoms with Gasteiger partial charge in [0, 0.05) is 0 Å². The van der Waals surface area contributed by atoms with Crippen LogP contribution in [0.15, 0.2) is 24.3 Å². The average molecular weight is 350 g/mol. The van der Waals surface area contributed by atoms with Gasteiger partial charge in [-0.25, -0.2) is 22.0 Å². The molecule has 0 fully saturated rings. The largest absolute Gasteiger partial charge is 0.463 e. The molecule has 3 rings (SSSR count). The number of hydrogen-bond acceptors (Lipinski definition) is 3. The van der Waals surface area contributed by atoms with Gasteiger partial charge in [-0.2, -0.15) is 0 Å². The van der Waals surface area contributed by atoms with Crippen molar-refractivity contribution in [1.29, 1.82) is 0 Å². The maximum atomic E-state index is 13.7. The monoisotopic (exact) mass is 350 g/mol. The highest BCUT2D eigenvalue weighted by molar-refractivity contribution is 7.43. The molecule has 1 heterocycles. The van der Waals surface area contributed by atoms with Gasteiger partial charge < -0.3 is 9.05 Å². The summed E-state index contributed by atoms with van der Waals surface area (Å²) < 4.78 is 82.6. The number of rotatable bonds is 3. The molecule has 2 aromatic rings. The molecule has 1 aliphatic rings. The van der Waals surface area contributed by atoms with Crippen LogP contribution in [-0.2, 0) is 4.52 Å². The van der Waals surface area contributed by atoms with E-state index in [4.69, 9.17) is 13.6 Å². The lowest BCUT2D eigenvalue weighted by molar-refractivity contribution is 0.193.